The summed E-state index contributed by atoms with van der Waals surface area (Å²) < 4.78 is 18.7. The highest BCUT2D eigenvalue weighted by atomic mass is 32.1. The number of anilines is 1. The zero-order valence-corrected chi connectivity index (χ0v) is 12.3. The Morgan fingerprint density at radius 3 is 2.80 bits per heavy atom. The van der Waals surface area contributed by atoms with E-state index in [0.717, 1.165) is 15.7 Å². The number of halogens is 1. The fourth-order valence-corrected chi connectivity index (χ4v) is 2.74. The molecule has 0 radical (unpaired) electrons. The van der Waals surface area contributed by atoms with Gasteiger partial charge < -0.3 is 14.7 Å². The summed E-state index contributed by atoms with van der Waals surface area (Å²) in [6, 6.07) is 6.68. The van der Waals surface area contributed by atoms with Gasteiger partial charge in [-0.15, -0.1) is 0 Å². The van der Waals surface area contributed by atoms with Crippen LogP contribution in [0.2, 0.25) is 0 Å². The number of benzene rings is 1. The van der Waals surface area contributed by atoms with Crippen LogP contribution in [0.1, 0.15) is 16.1 Å². The van der Waals surface area contributed by atoms with E-state index < -0.39 is 0 Å². The number of aliphatic hydroxyl groups is 1. The minimum Gasteiger partial charge on any atom is -0.391 e. The van der Waals surface area contributed by atoms with Gasteiger partial charge in [0.1, 0.15) is 5.82 Å². The third-order valence-corrected chi connectivity index (χ3v) is 4.08. The first-order valence-electron chi connectivity index (χ1n) is 6.18. The van der Waals surface area contributed by atoms with Crippen molar-refractivity contribution in [1.29, 1.82) is 0 Å². The highest BCUT2D eigenvalue weighted by molar-refractivity contribution is 7.15. The molecule has 1 heterocycles. The number of aliphatic hydroxyl groups excluding tert-OH is 1. The van der Waals surface area contributed by atoms with Gasteiger partial charge in [0.15, 0.2) is 5.13 Å². The third kappa shape index (κ3) is 3.33. The van der Waals surface area contributed by atoms with E-state index in [0.29, 0.717) is 18.7 Å². The normalized spacial score (nSPS) is 10.8. The molecule has 0 saturated carbocycles. The van der Waals surface area contributed by atoms with Crippen LogP contribution in [0, 0.1) is 5.82 Å². The predicted molar refractivity (Wildman–Crippen MR) is 77.3 cm³/mol. The molecule has 20 heavy (non-hydrogen) atoms. The predicted octanol–water partition coefficient (Wildman–Crippen LogP) is 2.56. The molecule has 0 fully saturated rings. The molecule has 0 unspecified atom stereocenters. The fraction of sp³-hybridized carbons (Fsp3) is 0.357. The van der Waals surface area contributed by atoms with Gasteiger partial charge in [-0.2, -0.15) is 0 Å². The van der Waals surface area contributed by atoms with Gasteiger partial charge in [0, 0.05) is 26.3 Å². The molecule has 0 saturated heterocycles. The van der Waals surface area contributed by atoms with Gasteiger partial charge in [-0.1, -0.05) is 29.5 Å². The van der Waals surface area contributed by atoms with Crippen molar-refractivity contribution < 1.29 is 14.2 Å². The summed E-state index contributed by atoms with van der Waals surface area (Å²) in [5.41, 5.74) is 1.35. The van der Waals surface area contributed by atoms with Gasteiger partial charge in [0.2, 0.25) is 0 Å². The first kappa shape index (κ1) is 14.9. The second-order valence-corrected chi connectivity index (χ2v) is 5.47. The Morgan fingerprint density at radius 1 is 1.40 bits per heavy atom. The summed E-state index contributed by atoms with van der Waals surface area (Å²) in [5, 5.41) is 10.1. The van der Waals surface area contributed by atoms with Crippen molar-refractivity contribution in [3.8, 4) is 0 Å². The summed E-state index contributed by atoms with van der Waals surface area (Å²) >= 11 is 1.40. The van der Waals surface area contributed by atoms with Crippen LogP contribution in [0.3, 0.4) is 0 Å². The lowest BCUT2D eigenvalue weighted by molar-refractivity contribution is 0.179. The van der Waals surface area contributed by atoms with Crippen molar-refractivity contribution in [2.45, 2.75) is 19.8 Å². The Kier molecular flexibility index (Phi) is 5.05. The van der Waals surface area contributed by atoms with Crippen molar-refractivity contribution in [1.82, 2.24) is 4.98 Å². The number of methoxy groups -OCH3 is 1. The van der Waals surface area contributed by atoms with Crippen molar-refractivity contribution in [3.63, 3.8) is 0 Å². The highest BCUT2D eigenvalue weighted by Gasteiger charge is 2.14. The molecule has 2 aromatic rings. The standard InChI is InChI=1S/C14H17FN2O2S/c1-17(7-10-5-3-4-6-11(10)15)14-16-12(9-19-2)13(8-18)20-14/h3-6,18H,7-9H2,1-2H3. The van der Waals surface area contributed by atoms with E-state index in [9.17, 15) is 9.50 Å². The minimum atomic E-state index is -0.226. The molecule has 0 amide bonds. The lowest BCUT2D eigenvalue weighted by Gasteiger charge is -2.16. The maximum atomic E-state index is 13.6. The topological polar surface area (TPSA) is 45.6 Å². The monoisotopic (exact) mass is 296 g/mol. The molecule has 0 spiro atoms. The number of ether oxygens (including phenoxy) is 1. The summed E-state index contributed by atoms with van der Waals surface area (Å²) in [7, 11) is 3.44. The van der Waals surface area contributed by atoms with Crippen LogP contribution in [-0.2, 0) is 24.5 Å². The number of nitrogens with zero attached hydrogens (tertiary/aromatic N) is 2. The van der Waals surface area contributed by atoms with Crippen molar-refractivity contribution in [3.05, 3.63) is 46.2 Å². The average molecular weight is 296 g/mol. The third-order valence-electron chi connectivity index (χ3n) is 2.88. The van der Waals surface area contributed by atoms with E-state index in [1.54, 1.807) is 19.2 Å². The van der Waals surface area contributed by atoms with Gasteiger partial charge in [0.25, 0.3) is 0 Å². The number of rotatable bonds is 6. The molecule has 1 aromatic carbocycles. The van der Waals surface area contributed by atoms with Crippen LogP contribution < -0.4 is 4.90 Å². The van der Waals surface area contributed by atoms with Crippen molar-refractivity contribution in [2.75, 3.05) is 19.1 Å². The molecule has 6 heteroatoms. The van der Waals surface area contributed by atoms with E-state index in [1.807, 2.05) is 18.0 Å². The van der Waals surface area contributed by atoms with Crippen LogP contribution in [0.4, 0.5) is 9.52 Å². The van der Waals surface area contributed by atoms with Crippen molar-refractivity contribution in [2.24, 2.45) is 0 Å². The number of thiazole rings is 1. The number of aromatic nitrogens is 1. The first-order chi connectivity index (χ1) is 9.65. The first-order valence-corrected chi connectivity index (χ1v) is 7.00. The van der Waals surface area contributed by atoms with Gasteiger partial charge >= 0.3 is 0 Å². The Labute approximate surface area is 121 Å². The van der Waals surface area contributed by atoms with Gasteiger partial charge in [-0.3, -0.25) is 0 Å². The zero-order valence-electron chi connectivity index (χ0n) is 11.5. The largest absolute Gasteiger partial charge is 0.391 e. The molecule has 108 valence electrons. The average Bonchev–Trinajstić information content (AvgIpc) is 2.85. The maximum absolute atomic E-state index is 13.6. The highest BCUT2D eigenvalue weighted by Crippen LogP contribution is 2.27. The molecule has 0 aliphatic carbocycles. The zero-order chi connectivity index (χ0) is 14.5. The van der Waals surface area contributed by atoms with Gasteiger partial charge in [-0.25, -0.2) is 9.37 Å². The van der Waals surface area contributed by atoms with E-state index in [1.165, 1.54) is 17.4 Å². The molecule has 4 nitrogen and oxygen atoms in total. The second-order valence-electron chi connectivity index (χ2n) is 4.40. The summed E-state index contributed by atoms with van der Waals surface area (Å²) in [4.78, 5) is 7.08. The lowest BCUT2D eigenvalue weighted by Crippen LogP contribution is -2.17. The Hall–Kier alpha value is -1.50. The number of hydrogen-bond acceptors (Lipinski definition) is 5. The van der Waals surface area contributed by atoms with E-state index in [-0.39, 0.29) is 12.4 Å². The van der Waals surface area contributed by atoms with Gasteiger partial charge in [-0.05, 0) is 6.07 Å². The summed E-state index contributed by atoms with van der Waals surface area (Å²) in [6.45, 7) is 0.724. The fourth-order valence-electron chi connectivity index (χ4n) is 1.86. The quantitative estimate of drug-likeness (QED) is 0.890. The Bertz CT molecular complexity index is 574. The minimum absolute atomic E-state index is 0.0656. The molecule has 1 N–H and O–H groups in total. The SMILES string of the molecule is COCc1nc(N(C)Cc2ccccc2F)sc1CO. The summed E-state index contributed by atoms with van der Waals surface area (Å²) in [5.74, 6) is -0.226. The Morgan fingerprint density at radius 2 is 2.15 bits per heavy atom. The van der Waals surface area contributed by atoms with E-state index >= 15 is 0 Å². The molecule has 1 aromatic heterocycles. The molecule has 0 atom stereocenters. The van der Waals surface area contributed by atoms with Crippen LogP contribution >= 0.6 is 11.3 Å². The van der Waals surface area contributed by atoms with E-state index in [4.69, 9.17) is 4.74 Å². The van der Waals surface area contributed by atoms with Crippen molar-refractivity contribution >= 4 is 16.5 Å². The molecule has 0 aliphatic heterocycles. The van der Waals surface area contributed by atoms with Crippen LogP contribution in [0.15, 0.2) is 24.3 Å². The summed E-state index contributed by atoms with van der Waals surface area (Å²) in [6.07, 6.45) is 0. The second kappa shape index (κ2) is 6.78. The van der Waals surface area contributed by atoms with Crippen LogP contribution in [0.5, 0.6) is 0 Å². The van der Waals surface area contributed by atoms with E-state index in [2.05, 4.69) is 4.98 Å². The van der Waals surface area contributed by atoms with Crippen LogP contribution in [-0.4, -0.2) is 24.2 Å². The molecular formula is C14H17FN2O2S. The molecule has 0 aliphatic rings. The molecule has 0 bridgehead atoms. The molecule has 2 rings (SSSR count). The Balaban J connectivity index is 2.17. The van der Waals surface area contributed by atoms with Crippen LogP contribution in [0.25, 0.3) is 0 Å². The lowest BCUT2D eigenvalue weighted by atomic mass is 10.2. The molecular weight excluding hydrogens is 279 g/mol. The van der Waals surface area contributed by atoms with Gasteiger partial charge in [0.05, 0.1) is 23.8 Å². The number of hydrogen-bond donors (Lipinski definition) is 1. The smallest absolute Gasteiger partial charge is 0.185 e. The maximum Gasteiger partial charge on any atom is 0.185 e.